The summed E-state index contributed by atoms with van der Waals surface area (Å²) in [7, 11) is 0. The molecule has 3 heteroatoms. The van der Waals surface area contributed by atoms with Crippen molar-refractivity contribution in [2.75, 3.05) is 0 Å². The van der Waals surface area contributed by atoms with E-state index >= 15 is 0 Å². The first kappa shape index (κ1) is 22.6. The van der Waals surface area contributed by atoms with Crippen LogP contribution in [-0.2, 0) is 25.8 Å². The summed E-state index contributed by atoms with van der Waals surface area (Å²) < 4.78 is 0. The third-order valence-electron chi connectivity index (χ3n) is 2.82. The molecule has 2 rings (SSSR count). The summed E-state index contributed by atoms with van der Waals surface area (Å²) in [5.41, 5.74) is 4.25. The van der Waals surface area contributed by atoms with Gasteiger partial charge in [0.15, 0.2) is 0 Å². The summed E-state index contributed by atoms with van der Waals surface area (Å²) in [6.45, 7) is 8.67. The molecule has 0 aromatic heterocycles. The number of hydrogen-bond donors (Lipinski definition) is 0. The second-order valence-corrected chi connectivity index (χ2v) is 3.80. The first-order chi connectivity index (χ1) is 6.63. The Bertz CT molecular complexity index is 315. The van der Waals surface area contributed by atoms with E-state index in [0.717, 1.165) is 6.42 Å². The molecule has 0 nitrogen and oxygen atoms in total. The molecule has 0 aromatic rings. The molecule has 0 aliphatic heterocycles. The van der Waals surface area contributed by atoms with E-state index in [1.165, 1.54) is 16.7 Å². The van der Waals surface area contributed by atoms with E-state index in [1.54, 1.807) is 0 Å². The van der Waals surface area contributed by atoms with Crippen LogP contribution in [0.25, 0.3) is 0 Å². The molecule has 2 aliphatic carbocycles. The Morgan fingerprint density at radius 3 is 1.88 bits per heavy atom. The molecule has 1 unspecified atom stereocenters. The predicted molar refractivity (Wildman–Crippen MR) is 76.0 cm³/mol. The van der Waals surface area contributed by atoms with E-state index in [4.69, 9.17) is 0 Å². The monoisotopic (exact) mass is 438 g/mol. The number of rotatable bonds is 0. The van der Waals surface area contributed by atoms with Gasteiger partial charge >= 0.3 is 0 Å². The molecular weight excluding hydrogens is 418 g/mol. The van der Waals surface area contributed by atoms with E-state index in [2.05, 4.69) is 45.9 Å². The smallest absolute Gasteiger partial charge is 0 e. The molecule has 0 amide bonds. The van der Waals surface area contributed by atoms with Crippen LogP contribution in [0, 0.1) is 18.1 Å². The van der Waals surface area contributed by atoms with Crippen LogP contribution in [0.2, 0.25) is 0 Å². The topological polar surface area (TPSA) is 0 Å². The van der Waals surface area contributed by atoms with Gasteiger partial charge in [0, 0.05) is 25.8 Å². The molecule has 0 saturated carbocycles. The van der Waals surface area contributed by atoms with Crippen molar-refractivity contribution >= 4 is 24.8 Å². The second-order valence-electron chi connectivity index (χ2n) is 3.80. The van der Waals surface area contributed by atoms with Crippen molar-refractivity contribution in [3.8, 4) is 0 Å². The molecule has 1 atom stereocenters. The molecule has 0 N–H and O–H groups in total. The van der Waals surface area contributed by atoms with Crippen molar-refractivity contribution < 1.29 is 25.8 Å². The van der Waals surface area contributed by atoms with Crippen LogP contribution in [0.4, 0.5) is 0 Å². The summed E-state index contributed by atoms with van der Waals surface area (Å²) in [6.07, 6.45) is 13.4. The Labute approximate surface area is 137 Å². The summed E-state index contributed by atoms with van der Waals surface area (Å²) in [5, 5.41) is 0. The molecule has 0 fully saturated rings. The minimum Gasteiger partial charge on any atom is -0.273 e. The van der Waals surface area contributed by atoms with Gasteiger partial charge < -0.3 is 0 Å². The summed E-state index contributed by atoms with van der Waals surface area (Å²) >= 11 is 0. The average Bonchev–Trinajstić information content (AvgIpc) is 2.78. The summed E-state index contributed by atoms with van der Waals surface area (Å²) in [5.74, 6) is 0.560. The molecule has 96 valence electrons. The van der Waals surface area contributed by atoms with Crippen molar-refractivity contribution in [3.63, 3.8) is 0 Å². The van der Waals surface area contributed by atoms with Gasteiger partial charge in [0.05, 0.1) is 0 Å². The third kappa shape index (κ3) is 7.43. The number of allylic oxidation sites excluding steroid dienone is 8. The summed E-state index contributed by atoms with van der Waals surface area (Å²) in [6, 6.07) is 0. The van der Waals surface area contributed by atoms with Crippen molar-refractivity contribution in [3.05, 3.63) is 47.1 Å². The molecule has 0 aromatic carbocycles. The Morgan fingerprint density at radius 1 is 1.18 bits per heavy atom. The van der Waals surface area contributed by atoms with Gasteiger partial charge in [0.2, 0.25) is 0 Å². The van der Waals surface area contributed by atoms with E-state index < -0.39 is 0 Å². The van der Waals surface area contributed by atoms with Gasteiger partial charge in [-0.15, -0.1) is 38.2 Å². The van der Waals surface area contributed by atoms with Gasteiger partial charge in [-0.1, -0.05) is 26.7 Å². The molecule has 0 bridgehead atoms. The fourth-order valence-corrected chi connectivity index (χ4v) is 1.50. The Balaban J connectivity index is -0.000000216. The second kappa shape index (κ2) is 11.5. The first-order valence-electron chi connectivity index (χ1n) is 5.12. The van der Waals surface area contributed by atoms with Crippen molar-refractivity contribution in [1.82, 2.24) is 0 Å². The third-order valence-corrected chi connectivity index (χ3v) is 2.82. The van der Waals surface area contributed by atoms with Crippen molar-refractivity contribution in [2.45, 2.75) is 34.1 Å². The minimum absolute atomic E-state index is 0. The SMILES string of the molecule is CC1=[C-]C(C)C(C)=C1C.Cl.Cl.[C-]1=CC=CC1.[Hf]. The van der Waals surface area contributed by atoms with Crippen LogP contribution in [0.3, 0.4) is 0 Å². The van der Waals surface area contributed by atoms with Crippen LogP contribution in [-0.4, -0.2) is 0 Å². The summed E-state index contributed by atoms with van der Waals surface area (Å²) in [4.78, 5) is 0. The Kier molecular flexibility index (Phi) is 15.3. The fraction of sp³-hybridized carbons (Fsp3) is 0.429. The normalized spacial score (nSPS) is 19.5. The van der Waals surface area contributed by atoms with Gasteiger partial charge in [0.1, 0.15) is 0 Å². The molecule has 2 aliphatic rings. The van der Waals surface area contributed by atoms with Crippen LogP contribution in [0.1, 0.15) is 34.1 Å². The van der Waals surface area contributed by atoms with Gasteiger partial charge in [-0.05, 0) is 0 Å². The Morgan fingerprint density at radius 2 is 1.76 bits per heavy atom. The van der Waals surface area contributed by atoms with Gasteiger partial charge in [0.25, 0.3) is 0 Å². The standard InChI is InChI=1S/C9H13.C5H5.2ClH.Hf/c1-6-5-7(2)9(4)8(6)3;1-2-4-5-3-1;;;/h6H,1-4H3;1-3H,4H2;2*1H;/q2*-1;;;. The molecule has 0 radical (unpaired) electrons. The van der Waals surface area contributed by atoms with E-state index in [0.29, 0.717) is 5.92 Å². The van der Waals surface area contributed by atoms with E-state index in [9.17, 15) is 0 Å². The average molecular weight is 438 g/mol. The predicted octanol–water partition coefficient (Wildman–Crippen LogP) is 4.87. The van der Waals surface area contributed by atoms with Gasteiger partial charge in [-0.3, -0.25) is 12.2 Å². The van der Waals surface area contributed by atoms with Crippen LogP contribution in [0.15, 0.2) is 34.9 Å². The van der Waals surface area contributed by atoms with Gasteiger partial charge in [-0.25, -0.2) is 17.7 Å². The molecular formula is C14H20Cl2Hf-2. The van der Waals surface area contributed by atoms with E-state index in [1.807, 2.05) is 12.2 Å². The molecule has 0 heterocycles. The molecule has 0 saturated heterocycles. The Hall–Kier alpha value is 0.410. The maximum Gasteiger partial charge on any atom is 0 e. The number of hydrogen-bond acceptors (Lipinski definition) is 0. The van der Waals surface area contributed by atoms with Crippen molar-refractivity contribution in [1.29, 1.82) is 0 Å². The molecule has 0 spiro atoms. The fourth-order valence-electron chi connectivity index (χ4n) is 1.50. The zero-order valence-corrected chi connectivity index (χ0v) is 16.1. The van der Waals surface area contributed by atoms with Gasteiger partial charge in [-0.2, -0.15) is 17.2 Å². The molecule has 17 heavy (non-hydrogen) atoms. The quantitative estimate of drug-likeness (QED) is 0.375. The van der Waals surface area contributed by atoms with E-state index in [-0.39, 0.29) is 50.7 Å². The first-order valence-corrected chi connectivity index (χ1v) is 5.12. The van der Waals surface area contributed by atoms with Crippen LogP contribution < -0.4 is 0 Å². The maximum absolute atomic E-state index is 3.36. The maximum atomic E-state index is 3.36. The van der Waals surface area contributed by atoms with Crippen LogP contribution >= 0.6 is 24.8 Å². The van der Waals surface area contributed by atoms with Crippen molar-refractivity contribution in [2.24, 2.45) is 5.92 Å². The number of halogens is 2. The van der Waals surface area contributed by atoms with Crippen LogP contribution in [0.5, 0.6) is 0 Å². The minimum atomic E-state index is 0. The largest absolute Gasteiger partial charge is 0.273 e. The zero-order valence-electron chi connectivity index (χ0n) is 10.8. The zero-order chi connectivity index (χ0) is 10.6.